The van der Waals surface area contributed by atoms with E-state index in [1.807, 2.05) is 13.8 Å². The van der Waals surface area contributed by atoms with Crippen LogP contribution in [0.3, 0.4) is 0 Å². The van der Waals surface area contributed by atoms with E-state index < -0.39 is 17.4 Å². The highest BCUT2D eigenvalue weighted by molar-refractivity contribution is 5.99. The van der Waals surface area contributed by atoms with Crippen molar-refractivity contribution in [3.8, 4) is 0 Å². The van der Waals surface area contributed by atoms with E-state index in [4.69, 9.17) is 9.47 Å². The predicted octanol–water partition coefficient (Wildman–Crippen LogP) is 7.77. The number of carbonyl (C=O) groups excluding carboxylic acids is 2. The van der Waals surface area contributed by atoms with Crippen molar-refractivity contribution < 1.29 is 19.1 Å². The largest absolute Gasteiger partial charge is 0.465 e. The van der Waals surface area contributed by atoms with Crippen molar-refractivity contribution >= 4 is 11.9 Å². The zero-order valence-electron chi connectivity index (χ0n) is 20.6. The number of hydrogen-bond donors (Lipinski definition) is 0. The number of carbonyl (C=O) groups is 2. The average molecular weight is 427 g/mol. The van der Waals surface area contributed by atoms with E-state index >= 15 is 0 Å². The van der Waals surface area contributed by atoms with E-state index in [1.165, 1.54) is 57.8 Å². The predicted molar refractivity (Wildman–Crippen MR) is 126 cm³/mol. The Labute approximate surface area is 186 Å². The van der Waals surface area contributed by atoms with Crippen molar-refractivity contribution in [2.24, 2.45) is 5.41 Å². The Morgan fingerprint density at radius 3 is 1.13 bits per heavy atom. The second-order valence-corrected chi connectivity index (χ2v) is 8.66. The lowest BCUT2D eigenvalue weighted by atomic mass is 9.82. The first-order valence-electron chi connectivity index (χ1n) is 12.9. The number of unbranched alkanes of at least 4 members (excludes halogenated alkanes) is 13. The summed E-state index contributed by atoms with van der Waals surface area (Å²) in [6.45, 7) is 8.93. The summed E-state index contributed by atoms with van der Waals surface area (Å²) in [4.78, 5) is 25.3. The minimum absolute atomic E-state index is 0.395. The molecule has 30 heavy (non-hydrogen) atoms. The number of esters is 2. The maximum atomic E-state index is 12.7. The van der Waals surface area contributed by atoms with Crippen molar-refractivity contribution in [1.29, 1.82) is 0 Å². The van der Waals surface area contributed by atoms with Crippen LogP contribution in [0.2, 0.25) is 0 Å². The molecular formula is C26H50O4. The van der Waals surface area contributed by atoms with Crippen LogP contribution in [-0.2, 0) is 19.1 Å². The minimum atomic E-state index is -1.14. The van der Waals surface area contributed by atoms with Crippen LogP contribution in [0.25, 0.3) is 0 Å². The second kappa shape index (κ2) is 19.9. The van der Waals surface area contributed by atoms with Gasteiger partial charge in [0.05, 0.1) is 13.2 Å². The Bertz CT molecular complexity index is 415. The number of rotatable bonds is 21. The van der Waals surface area contributed by atoms with Gasteiger partial charge in [-0.1, -0.05) is 111 Å². The fourth-order valence-electron chi connectivity index (χ4n) is 3.81. The molecule has 0 aromatic heterocycles. The molecule has 0 aliphatic carbocycles. The maximum Gasteiger partial charge on any atom is 0.323 e. The molecule has 0 aliphatic rings. The lowest BCUT2D eigenvalue weighted by Gasteiger charge is -2.27. The fourth-order valence-corrected chi connectivity index (χ4v) is 3.81. The number of ether oxygens (including phenoxy) is 2. The fraction of sp³-hybridized carbons (Fsp3) is 0.923. The van der Waals surface area contributed by atoms with Crippen molar-refractivity contribution in [2.75, 3.05) is 13.2 Å². The van der Waals surface area contributed by atoms with Crippen LogP contribution < -0.4 is 0 Å². The molecule has 4 nitrogen and oxygen atoms in total. The highest BCUT2D eigenvalue weighted by Gasteiger charge is 2.45. The molecule has 0 aromatic rings. The van der Waals surface area contributed by atoms with E-state index in [2.05, 4.69) is 13.8 Å². The Morgan fingerprint density at radius 1 is 0.500 bits per heavy atom. The third kappa shape index (κ3) is 12.6. The molecule has 0 saturated carbocycles. The van der Waals surface area contributed by atoms with Gasteiger partial charge in [-0.2, -0.15) is 0 Å². The molecule has 178 valence electrons. The SMILES string of the molecule is CCCCCCCCCCCCCOC(=O)C(CC)(CC)C(=O)OCCCCCC. The molecule has 0 spiro atoms. The third-order valence-corrected chi connectivity index (χ3v) is 6.20. The van der Waals surface area contributed by atoms with Gasteiger partial charge in [-0.25, -0.2) is 0 Å². The summed E-state index contributed by atoms with van der Waals surface area (Å²) >= 11 is 0. The summed E-state index contributed by atoms with van der Waals surface area (Å²) in [5.74, 6) is -0.814. The molecule has 4 heteroatoms. The summed E-state index contributed by atoms with van der Waals surface area (Å²) in [6, 6.07) is 0. The molecule has 0 heterocycles. The Hall–Kier alpha value is -1.06. The third-order valence-electron chi connectivity index (χ3n) is 6.20. The van der Waals surface area contributed by atoms with Gasteiger partial charge in [-0.3, -0.25) is 9.59 Å². The van der Waals surface area contributed by atoms with Gasteiger partial charge in [-0.05, 0) is 25.7 Å². The van der Waals surface area contributed by atoms with Gasteiger partial charge in [0, 0.05) is 0 Å². The Balaban J connectivity index is 3.98. The van der Waals surface area contributed by atoms with E-state index in [0.29, 0.717) is 26.1 Å². The first kappa shape index (κ1) is 28.9. The zero-order chi connectivity index (χ0) is 22.5. The molecule has 0 fully saturated rings. The molecule has 0 unspecified atom stereocenters. The second-order valence-electron chi connectivity index (χ2n) is 8.66. The van der Waals surface area contributed by atoms with E-state index in [0.717, 1.165) is 38.5 Å². The lowest BCUT2D eigenvalue weighted by Crippen LogP contribution is -2.41. The van der Waals surface area contributed by atoms with E-state index in [1.54, 1.807) is 0 Å². The maximum absolute atomic E-state index is 12.7. The summed E-state index contributed by atoms with van der Waals surface area (Å²) in [6.07, 6.45) is 18.9. The van der Waals surface area contributed by atoms with Gasteiger partial charge in [0.2, 0.25) is 0 Å². The lowest BCUT2D eigenvalue weighted by molar-refractivity contribution is -0.173. The van der Waals surface area contributed by atoms with E-state index in [9.17, 15) is 9.59 Å². The van der Waals surface area contributed by atoms with E-state index in [-0.39, 0.29) is 0 Å². The highest BCUT2D eigenvalue weighted by Crippen LogP contribution is 2.30. The van der Waals surface area contributed by atoms with Crippen LogP contribution in [0, 0.1) is 5.41 Å². The topological polar surface area (TPSA) is 52.6 Å². The van der Waals surface area contributed by atoms with Crippen LogP contribution in [0.4, 0.5) is 0 Å². The molecule has 0 rings (SSSR count). The minimum Gasteiger partial charge on any atom is -0.465 e. The molecule has 0 aromatic carbocycles. The Morgan fingerprint density at radius 2 is 0.800 bits per heavy atom. The summed E-state index contributed by atoms with van der Waals surface area (Å²) in [5.41, 5.74) is -1.14. The van der Waals surface area contributed by atoms with Crippen LogP contribution in [0.5, 0.6) is 0 Å². The van der Waals surface area contributed by atoms with Gasteiger partial charge >= 0.3 is 11.9 Å². The zero-order valence-corrected chi connectivity index (χ0v) is 20.6. The smallest absolute Gasteiger partial charge is 0.323 e. The standard InChI is InChI=1S/C26H50O4/c1-5-9-11-13-14-15-16-17-18-19-21-23-30-25(28)26(7-3,8-4)24(27)29-22-20-12-10-6-2/h5-23H2,1-4H3. The Kier molecular flexibility index (Phi) is 19.2. The highest BCUT2D eigenvalue weighted by atomic mass is 16.6. The van der Waals surface area contributed by atoms with Crippen molar-refractivity contribution in [3.05, 3.63) is 0 Å². The monoisotopic (exact) mass is 426 g/mol. The molecular weight excluding hydrogens is 376 g/mol. The molecule has 0 radical (unpaired) electrons. The average Bonchev–Trinajstić information content (AvgIpc) is 2.75. The summed E-state index contributed by atoms with van der Waals surface area (Å²) in [7, 11) is 0. The van der Waals surface area contributed by atoms with Gasteiger partial charge < -0.3 is 9.47 Å². The van der Waals surface area contributed by atoms with Gasteiger partial charge in [0.1, 0.15) is 0 Å². The molecule has 0 saturated heterocycles. The molecule has 0 aliphatic heterocycles. The molecule has 0 bridgehead atoms. The van der Waals surface area contributed by atoms with Gasteiger partial charge in [0.25, 0.3) is 0 Å². The van der Waals surface area contributed by atoms with Crippen molar-refractivity contribution in [3.63, 3.8) is 0 Å². The first-order chi connectivity index (χ1) is 14.6. The van der Waals surface area contributed by atoms with Gasteiger partial charge in [-0.15, -0.1) is 0 Å². The number of hydrogen-bond acceptors (Lipinski definition) is 4. The summed E-state index contributed by atoms with van der Waals surface area (Å²) in [5, 5.41) is 0. The molecule has 0 atom stereocenters. The van der Waals surface area contributed by atoms with Crippen LogP contribution in [0.1, 0.15) is 137 Å². The van der Waals surface area contributed by atoms with Crippen molar-refractivity contribution in [1.82, 2.24) is 0 Å². The van der Waals surface area contributed by atoms with Crippen LogP contribution in [0.15, 0.2) is 0 Å². The summed E-state index contributed by atoms with van der Waals surface area (Å²) < 4.78 is 10.9. The normalized spacial score (nSPS) is 11.5. The molecule has 0 amide bonds. The quantitative estimate of drug-likeness (QED) is 0.107. The molecule has 0 N–H and O–H groups in total. The van der Waals surface area contributed by atoms with Crippen LogP contribution >= 0.6 is 0 Å². The van der Waals surface area contributed by atoms with Crippen molar-refractivity contribution in [2.45, 2.75) is 137 Å². The first-order valence-corrected chi connectivity index (χ1v) is 12.9. The van der Waals surface area contributed by atoms with Crippen LogP contribution in [-0.4, -0.2) is 25.2 Å². The van der Waals surface area contributed by atoms with Gasteiger partial charge in [0.15, 0.2) is 5.41 Å².